The molecule has 1 aromatic heterocycles. The van der Waals surface area contributed by atoms with Crippen molar-refractivity contribution in [2.24, 2.45) is 0 Å². The van der Waals surface area contributed by atoms with Crippen LogP contribution in [0.5, 0.6) is 28.7 Å². The van der Waals surface area contributed by atoms with Gasteiger partial charge in [0, 0.05) is 23.8 Å². The number of aromatic hydroxyl groups is 4. The molecule has 2 aromatic carbocycles. The molecule has 0 aliphatic rings. The predicted molar refractivity (Wildman–Crippen MR) is 143 cm³/mol. The van der Waals surface area contributed by atoms with E-state index in [9.17, 15) is 25.2 Å². The van der Waals surface area contributed by atoms with Crippen molar-refractivity contribution < 1.29 is 34.7 Å². The highest BCUT2D eigenvalue weighted by atomic mass is 16.5. The number of phenolic OH excluding ortho intramolecular Hbond substituents is 3. The summed E-state index contributed by atoms with van der Waals surface area (Å²) in [6.07, 6.45) is 12.6. The average Bonchev–Trinajstić information content (AvgIpc) is 2.89. The van der Waals surface area contributed by atoms with Gasteiger partial charge in [-0.3, -0.25) is 4.79 Å². The smallest absolute Gasteiger partial charge is 0.238 e. The summed E-state index contributed by atoms with van der Waals surface area (Å²) >= 11 is 0. The molecule has 8 heteroatoms. The number of methoxy groups -OCH3 is 1. The highest BCUT2D eigenvalue weighted by Gasteiger charge is 2.23. The molecule has 3 aromatic rings. The zero-order valence-corrected chi connectivity index (χ0v) is 21.5. The van der Waals surface area contributed by atoms with Crippen molar-refractivity contribution in [3.8, 4) is 40.1 Å². The fourth-order valence-corrected chi connectivity index (χ4v) is 4.63. The number of rotatable bonds is 15. The number of unbranched alkanes of at least 4 members (excludes halogenated alkanes) is 10. The van der Waals surface area contributed by atoms with Crippen LogP contribution in [0.1, 0.15) is 76.2 Å². The van der Waals surface area contributed by atoms with Gasteiger partial charge in [0.15, 0.2) is 17.3 Å². The van der Waals surface area contributed by atoms with E-state index in [0.29, 0.717) is 17.7 Å². The quantitative estimate of drug-likeness (QED) is 0.121. The fraction of sp³-hybridized carbons (Fsp3) is 0.483. The van der Waals surface area contributed by atoms with Crippen molar-refractivity contribution >= 4 is 11.0 Å². The molecule has 0 atom stereocenters. The minimum Gasteiger partial charge on any atom is -0.507 e. The molecule has 0 saturated carbocycles. The molecule has 202 valence electrons. The molecule has 0 bridgehead atoms. The second-order valence-corrected chi connectivity index (χ2v) is 9.45. The van der Waals surface area contributed by atoms with Crippen molar-refractivity contribution in [3.05, 3.63) is 40.1 Å². The van der Waals surface area contributed by atoms with E-state index in [2.05, 4.69) is 0 Å². The van der Waals surface area contributed by atoms with E-state index in [-0.39, 0.29) is 40.4 Å². The van der Waals surface area contributed by atoms with Gasteiger partial charge in [0.1, 0.15) is 22.5 Å². The van der Waals surface area contributed by atoms with Crippen molar-refractivity contribution in [1.82, 2.24) is 0 Å². The minimum atomic E-state index is -0.790. The molecule has 0 radical (unpaired) electrons. The van der Waals surface area contributed by atoms with Gasteiger partial charge < -0.3 is 34.7 Å². The Balaban J connectivity index is 1.65. The molecule has 0 saturated heterocycles. The summed E-state index contributed by atoms with van der Waals surface area (Å²) in [6.45, 7) is 0.285. The van der Waals surface area contributed by atoms with Crippen molar-refractivity contribution in [2.45, 2.75) is 77.0 Å². The van der Waals surface area contributed by atoms with E-state index in [1.807, 2.05) is 0 Å². The number of benzene rings is 2. The van der Waals surface area contributed by atoms with E-state index in [4.69, 9.17) is 14.3 Å². The number of phenols is 3. The number of aliphatic hydroxyl groups excluding tert-OH is 1. The zero-order valence-electron chi connectivity index (χ0n) is 21.5. The lowest BCUT2D eigenvalue weighted by atomic mass is 10.00. The summed E-state index contributed by atoms with van der Waals surface area (Å²) in [4.78, 5) is 13.0. The minimum absolute atomic E-state index is 0.0415. The number of fused-ring (bicyclic) bond motifs is 1. The van der Waals surface area contributed by atoms with Gasteiger partial charge in [-0.15, -0.1) is 0 Å². The van der Waals surface area contributed by atoms with Crippen molar-refractivity contribution in [3.63, 3.8) is 0 Å². The first kappa shape index (κ1) is 28.2. The molecule has 37 heavy (non-hydrogen) atoms. The largest absolute Gasteiger partial charge is 0.507 e. The number of ether oxygens (including phenoxy) is 1. The summed E-state index contributed by atoms with van der Waals surface area (Å²) in [5, 5.41) is 49.5. The fourth-order valence-electron chi connectivity index (χ4n) is 4.63. The summed E-state index contributed by atoms with van der Waals surface area (Å²) < 4.78 is 11.2. The maximum absolute atomic E-state index is 13.0. The zero-order chi connectivity index (χ0) is 26.8. The second kappa shape index (κ2) is 13.8. The molecule has 0 amide bonds. The van der Waals surface area contributed by atoms with Crippen molar-refractivity contribution in [2.75, 3.05) is 13.7 Å². The predicted octanol–water partition coefficient (Wildman–Crippen LogP) is 6.12. The highest BCUT2D eigenvalue weighted by Crippen LogP contribution is 2.40. The van der Waals surface area contributed by atoms with Crippen molar-refractivity contribution in [1.29, 1.82) is 0 Å². The maximum Gasteiger partial charge on any atom is 0.238 e. The Morgan fingerprint density at radius 3 is 1.92 bits per heavy atom. The topological polar surface area (TPSA) is 141 Å². The van der Waals surface area contributed by atoms with Gasteiger partial charge in [0.05, 0.1) is 7.11 Å². The molecule has 0 unspecified atom stereocenters. The first-order valence-electron chi connectivity index (χ1n) is 13.1. The lowest BCUT2D eigenvalue weighted by Crippen LogP contribution is -2.05. The first-order chi connectivity index (χ1) is 17.9. The van der Waals surface area contributed by atoms with Crippen LogP contribution in [0.2, 0.25) is 0 Å². The van der Waals surface area contributed by atoms with E-state index in [0.717, 1.165) is 38.5 Å². The summed E-state index contributed by atoms with van der Waals surface area (Å²) in [5.41, 5.74) is -0.0583. The van der Waals surface area contributed by atoms with Crippen LogP contribution in [0.25, 0.3) is 22.3 Å². The van der Waals surface area contributed by atoms with Crippen LogP contribution < -0.4 is 10.2 Å². The van der Waals surface area contributed by atoms with Gasteiger partial charge in [-0.25, -0.2) is 0 Å². The Hall–Kier alpha value is -3.39. The number of hydrogen-bond acceptors (Lipinski definition) is 8. The highest BCUT2D eigenvalue weighted by molar-refractivity contribution is 5.90. The van der Waals surface area contributed by atoms with Gasteiger partial charge in [-0.2, -0.15) is 0 Å². The lowest BCUT2D eigenvalue weighted by molar-refractivity contribution is 0.282. The molecule has 0 fully saturated rings. The summed E-state index contributed by atoms with van der Waals surface area (Å²) in [6, 6.07) is 5.31. The Morgan fingerprint density at radius 2 is 1.35 bits per heavy atom. The third-order valence-electron chi connectivity index (χ3n) is 6.74. The molecule has 0 aliphatic carbocycles. The third kappa shape index (κ3) is 7.10. The Bertz CT molecular complexity index is 1230. The van der Waals surface area contributed by atoms with Crippen LogP contribution in [0, 0.1) is 0 Å². The molecule has 0 spiro atoms. The molecular weight excluding hydrogens is 476 g/mol. The SMILES string of the molecule is COc1cc2oc(-c3ccc(O)c(O)c3)c(O)c(=O)c2c(O)c1CCCCCCCCCCCCCO. The van der Waals surface area contributed by atoms with Crippen LogP contribution in [0.3, 0.4) is 0 Å². The number of aliphatic hydroxyl groups is 1. The third-order valence-corrected chi connectivity index (χ3v) is 6.74. The average molecular weight is 515 g/mol. The van der Waals surface area contributed by atoms with Crippen LogP contribution in [-0.2, 0) is 6.42 Å². The molecule has 8 nitrogen and oxygen atoms in total. The summed E-state index contributed by atoms with van der Waals surface area (Å²) in [7, 11) is 1.48. The van der Waals surface area contributed by atoms with Crippen LogP contribution in [-0.4, -0.2) is 39.2 Å². The van der Waals surface area contributed by atoms with Crippen LogP contribution in [0.4, 0.5) is 0 Å². The standard InChI is InChI=1S/C29H38O8/c1-36-23-18-24-25(27(34)28(35)29(37-24)19-14-15-21(31)22(32)17-19)26(33)20(23)13-11-9-7-5-3-2-4-6-8-10-12-16-30/h14-15,17-18,30-33,35H,2-13,16H2,1H3. The van der Waals surface area contributed by atoms with Gasteiger partial charge in [-0.05, 0) is 37.5 Å². The monoisotopic (exact) mass is 514 g/mol. The molecule has 0 aliphatic heterocycles. The summed E-state index contributed by atoms with van der Waals surface area (Å²) in [5.74, 6) is -1.53. The normalized spacial score (nSPS) is 11.3. The Morgan fingerprint density at radius 1 is 0.757 bits per heavy atom. The van der Waals surface area contributed by atoms with Gasteiger partial charge in [-0.1, -0.05) is 57.8 Å². The molecule has 5 N–H and O–H groups in total. The lowest BCUT2D eigenvalue weighted by Gasteiger charge is -2.14. The van der Waals surface area contributed by atoms with Gasteiger partial charge in [0.2, 0.25) is 11.2 Å². The number of hydrogen-bond donors (Lipinski definition) is 5. The Labute approximate surface area is 216 Å². The second-order valence-electron chi connectivity index (χ2n) is 9.45. The maximum atomic E-state index is 13.0. The van der Waals surface area contributed by atoms with E-state index in [1.165, 1.54) is 63.5 Å². The van der Waals surface area contributed by atoms with Gasteiger partial charge in [0.25, 0.3) is 0 Å². The van der Waals surface area contributed by atoms with E-state index >= 15 is 0 Å². The first-order valence-corrected chi connectivity index (χ1v) is 13.1. The molecule has 1 heterocycles. The van der Waals surface area contributed by atoms with Crippen LogP contribution >= 0.6 is 0 Å². The van der Waals surface area contributed by atoms with E-state index in [1.54, 1.807) is 0 Å². The van der Waals surface area contributed by atoms with Crippen LogP contribution in [0.15, 0.2) is 33.5 Å². The Kier molecular flexibility index (Phi) is 10.5. The van der Waals surface area contributed by atoms with E-state index < -0.39 is 16.9 Å². The molecule has 3 rings (SSSR count). The molecular formula is C29H38O8. The van der Waals surface area contributed by atoms with Gasteiger partial charge >= 0.3 is 0 Å².